The van der Waals surface area contributed by atoms with Crippen molar-refractivity contribution in [3.8, 4) is 17.5 Å². The van der Waals surface area contributed by atoms with Gasteiger partial charge in [-0.2, -0.15) is 5.26 Å². The Morgan fingerprint density at radius 2 is 2.03 bits per heavy atom. The molecule has 11 nitrogen and oxygen atoms in total. The van der Waals surface area contributed by atoms with E-state index in [0.29, 0.717) is 41.3 Å². The molecule has 1 aromatic heterocycles. The molecule has 0 saturated carbocycles. The highest BCUT2D eigenvalue weighted by atomic mass is 16.6. The molecule has 1 unspecified atom stereocenters. The van der Waals surface area contributed by atoms with Gasteiger partial charge in [-0.25, -0.2) is 4.68 Å². The summed E-state index contributed by atoms with van der Waals surface area (Å²) in [6.07, 6.45) is 2.55. The molecule has 0 bridgehead atoms. The first kappa shape index (κ1) is 24.7. The minimum absolute atomic E-state index is 0.0221. The van der Waals surface area contributed by atoms with Gasteiger partial charge in [-0.3, -0.25) is 14.9 Å². The fourth-order valence-electron chi connectivity index (χ4n) is 4.77. The summed E-state index contributed by atoms with van der Waals surface area (Å²) in [5.41, 5.74) is 8.26. The van der Waals surface area contributed by atoms with Crippen molar-refractivity contribution in [1.82, 2.24) is 15.0 Å². The Morgan fingerprint density at radius 3 is 2.74 bits per heavy atom. The molecule has 2 aliphatic rings. The van der Waals surface area contributed by atoms with Crippen molar-refractivity contribution in [3.05, 3.63) is 98.9 Å². The first-order chi connectivity index (χ1) is 18.1. The molecule has 0 spiro atoms. The number of non-ortho nitro benzene ring substituents is 1. The summed E-state index contributed by atoms with van der Waals surface area (Å²) < 4.78 is 13.0. The molecule has 0 radical (unpaired) electrons. The highest BCUT2D eigenvalue weighted by Crippen LogP contribution is 2.47. The fourth-order valence-corrected chi connectivity index (χ4v) is 4.77. The Bertz CT molecular complexity index is 1540. The van der Waals surface area contributed by atoms with Crippen LogP contribution in [0.1, 0.15) is 43.9 Å². The zero-order valence-electron chi connectivity index (χ0n) is 20.7. The maximum absolute atomic E-state index is 13.1. The lowest BCUT2D eigenvalue weighted by Crippen LogP contribution is -2.33. The minimum atomic E-state index is -0.601. The van der Waals surface area contributed by atoms with Crippen LogP contribution in [-0.4, -0.2) is 25.7 Å². The molecule has 5 rings (SSSR count). The summed E-state index contributed by atoms with van der Waals surface area (Å²) in [5.74, 6) is 0.449. The number of nitrogens with zero attached hydrogens (tertiary/aromatic N) is 5. The van der Waals surface area contributed by atoms with Gasteiger partial charge in [0.25, 0.3) is 5.69 Å². The second kappa shape index (κ2) is 9.48. The van der Waals surface area contributed by atoms with E-state index in [-0.39, 0.29) is 34.9 Å². The van der Waals surface area contributed by atoms with Gasteiger partial charge in [0.05, 0.1) is 22.7 Å². The molecule has 1 atom stereocenters. The van der Waals surface area contributed by atoms with Crippen LogP contribution < -0.4 is 10.5 Å². The predicted molar refractivity (Wildman–Crippen MR) is 134 cm³/mol. The Hall–Kier alpha value is -4.98. The summed E-state index contributed by atoms with van der Waals surface area (Å²) in [6, 6.07) is 15.3. The Balaban J connectivity index is 1.33. The van der Waals surface area contributed by atoms with Crippen LogP contribution in [0.15, 0.2) is 77.5 Å². The highest BCUT2D eigenvalue weighted by molar-refractivity contribution is 6.00. The van der Waals surface area contributed by atoms with Crippen molar-refractivity contribution in [2.24, 2.45) is 11.1 Å². The van der Waals surface area contributed by atoms with Crippen LogP contribution >= 0.6 is 0 Å². The molecule has 1 aliphatic heterocycles. The van der Waals surface area contributed by atoms with Crippen LogP contribution in [0.5, 0.6) is 5.75 Å². The maximum Gasteiger partial charge on any atom is 0.271 e. The van der Waals surface area contributed by atoms with E-state index in [1.165, 1.54) is 16.8 Å². The first-order valence-electron chi connectivity index (χ1n) is 11.9. The number of allylic oxidation sites excluding steroid dienone is 3. The number of ether oxygens (including phenoxy) is 2. The fraction of sp³-hybridized carbons (Fsp3) is 0.259. The van der Waals surface area contributed by atoms with E-state index >= 15 is 0 Å². The minimum Gasteiger partial charge on any atom is -0.487 e. The molecule has 38 heavy (non-hydrogen) atoms. The Labute approximate surface area is 217 Å². The SMILES string of the molecule is CC1(C)CC(=O)C2=C(C1)OC(N)=C(C#N)C2c1ccc(OCc2cn(-c3cccc([N+](=O)[O-])c3)nn2)cc1. The molecule has 2 N–H and O–H groups in total. The van der Waals surface area contributed by atoms with E-state index in [0.717, 1.165) is 5.56 Å². The smallest absolute Gasteiger partial charge is 0.271 e. The molecule has 2 aromatic carbocycles. The Kier molecular flexibility index (Phi) is 6.16. The zero-order chi connectivity index (χ0) is 27.0. The number of carbonyl (C=O) groups is 1. The largest absolute Gasteiger partial charge is 0.487 e. The third-order valence-electron chi connectivity index (χ3n) is 6.52. The van der Waals surface area contributed by atoms with Gasteiger partial charge >= 0.3 is 0 Å². The monoisotopic (exact) mass is 512 g/mol. The van der Waals surface area contributed by atoms with Gasteiger partial charge in [0.15, 0.2) is 5.78 Å². The summed E-state index contributed by atoms with van der Waals surface area (Å²) in [4.78, 5) is 23.7. The third kappa shape index (κ3) is 4.71. The van der Waals surface area contributed by atoms with E-state index in [1.54, 1.807) is 42.6 Å². The van der Waals surface area contributed by atoms with Crippen molar-refractivity contribution in [1.29, 1.82) is 5.26 Å². The molecular weight excluding hydrogens is 488 g/mol. The quantitative estimate of drug-likeness (QED) is 0.377. The van der Waals surface area contributed by atoms with Crippen LogP contribution in [0.2, 0.25) is 0 Å². The molecule has 0 fully saturated rings. The number of Topliss-reactive ketones (excluding diaryl/α,β-unsaturated/α-hetero) is 1. The number of nitro benzene ring substituents is 1. The average Bonchev–Trinajstić information content (AvgIpc) is 3.35. The molecular formula is C27H24N6O5. The summed E-state index contributed by atoms with van der Waals surface area (Å²) >= 11 is 0. The van der Waals surface area contributed by atoms with Gasteiger partial charge in [-0.15, -0.1) is 5.10 Å². The van der Waals surface area contributed by atoms with Crippen LogP contribution in [0.3, 0.4) is 0 Å². The van der Waals surface area contributed by atoms with Crippen molar-refractivity contribution < 1.29 is 19.2 Å². The van der Waals surface area contributed by atoms with Crippen LogP contribution in [0.4, 0.5) is 5.69 Å². The zero-order valence-corrected chi connectivity index (χ0v) is 20.7. The van der Waals surface area contributed by atoms with Crippen LogP contribution in [-0.2, 0) is 16.1 Å². The lowest BCUT2D eigenvalue weighted by atomic mass is 9.70. The highest BCUT2D eigenvalue weighted by Gasteiger charge is 2.42. The topological polar surface area (TPSA) is 159 Å². The first-order valence-corrected chi connectivity index (χ1v) is 11.9. The number of nitrogens with two attached hydrogens (primary N) is 1. The van der Waals surface area contributed by atoms with Gasteiger partial charge in [0.2, 0.25) is 5.88 Å². The summed E-state index contributed by atoms with van der Waals surface area (Å²) in [7, 11) is 0. The molecule has 3 aromatic rings. The molecule has 0 saturated heterocycles. The van der Waals surface area contributed by atoms with Crippen molar-refractivity contribution in [2.45, 2.75) is 39.2 Å². The normalized spacial score (nSPS) is 18.4. The van der Waals surface area contributed by atoms with E-state index < -0.39 is 10.8 Å². The number of hydrogen-bond donors (Lipinski definition) is 1. The second-order valence-corrected chi connectivity index (χ2v) is 9.99. The number of nitriles is 1. The number of carbonyl (C=O) groups excluding carboxylic acids is 1. The van der Waals surface area contributed by atoms with E-state index in [1.807, 2.05) is 13.8 Å². The van der Waals surface area contributed by atoms with Gasteiger partial charge in [-0.05, 0) is 29.2 Å². The molecule has 0 amide bonds. The van der Waals surface area contributed by atoms with Crippen molar-refractivity contribution in [2.75, 3.05) is 0 Å². The number of ketones is 1. The van der Waals surface area contributed by atoms with Gasteiger partial charge in [0, 0.05) is 30.5 Å². The number of hydrogen-bond acceptors (Lipinski definition) is 9. The van der Waals surface area contributed by atoms with Crippen LogP contribution in [0.25, 0.3) is 5.69 Å². The standard InChI is InChI=1S/C27H24N6O5/c1-27(2)11-22(34)25-23(12-27)38-26(29)21(13-28)24(25)16-6-8-20(9-7-16)37-15-17-14-32(31-30-17)18-4-3-5-19(10-18)33(35)36/h3-10,14,24H,11-12,15,29H2,1-2H3. The molecule has 1 aliphatic carbocycles. The Morgan fingerprint density at radius 1 is 1.26 bits per heavy atom. The number of aromatic nitrogens is 3. The summed E-state index contributed by atoms with van der Waals surface area (Å²) in [5, 5.41) is 28.9. The molecule has 192 valence electrons. The number of benzene rings is 2. The average molecular weight is 513 g/mol. The van der Waals surface area contributed by atoms with E-state index in [2.05, 4.69) is 16.4 Å². The number of rotatable bonds is 6. The number of nitro groups is 1. The summed E-state index contributed by atoms with van der Waals surface area (Å²) in [6.45, 7) is 4.12. The molecule has 11 heteroatoms. The van der Waals surface area contributed by atoms with Gasteiger partial charge < -0.3 is 15.2 Å². The van der Waals surface area contributed by atoms with Crippen LogP contribution in [0, 0.1) is 26.9 Å². The lowest BCUT2D eigenvalue weighted by molar-refractivity contribution is -0.384. The second-order valence-electron chi connectivity index (χ2n) is 9.99. The lowest BCUT2D eigenvalue weighted by Gasteiger charge is -2.37. The van der Waals surface area contributed by atoms with Crippen molar-refractivity contribution >= 4 is 11.5 Å². The molecule has 2 heterocycles. The van der Waals surface area contributed by atoms with E-state index in [4.69, 9.17) is 15.2 Å². The maximum atomic E-state index is 13.1. The van der Waals surface area contributed by atoms with Crippen molar-refractivity contribution in [3.63, 3.8) is 0 Å². The van der Waals surface area contributed by atoms with E-state index in [9.17, 15) is 20.2 Å². The predicted octanol–water partition coefficient (Wildman–Crippen LogP) is 4.21. The van der Waals surface area contributed by atoms with Gasteiger partial charge in [0.1, 0.15) is 35.5 Å². The van der Waals surface area contributed by atoms with Gasteiger partial charge in [-0.1, -0.05) is 37.3 Å². The third-order valence-corrected chi connectivity index (χ3v) is 6.52.